The van der Waals surface area contributed by atoms with E-state index in [-0.39, 0.29) is 0 Å². The van der Waals surface area contributed by atoms with Crippen LogP contribution in [0.4, 0.5) is 0 Å². The van der Waals surface area contributed by atoms with E-state index in [1.807, 2.05) is 24.3 Å². The molecule has 2 aliphatic rings. The number of hydrogen-bond donors (Lipinski definition) is 1. The van der Waals surface area contributed by atoms with Crippen LogP contribution in [-0.4, -0.2) is 0 Å². The van der Waals surface area contributed by atoms with Crippen LogP contribution < -0.4 is 5.73 Å². The molecule has 2 atom stereocenters. The van der Waals surface area contributed by atoms with E-state index in [9.17, 15) is 0 Å². The molecule has 0 saturated carbocycles. The summed E-state index contributed by atoms with van der Waals surface area (Å²) in [6, 6.07) is 2.15. The molecule has 0 fully saturated rings. The Labute approximate surface area is 77.4 Å². The summed E-state index contributed by atoms with van der Waals surface area (Å²) in [5.41, 5.74) is 5.80. The lowest BCUT2D eigenvalue weighted by Gasteiger charge is -2.22. The summed E-state index contributed by atoms with van der Waals surface area (Å²) >= 11 is 0. The minimum absolute atomic E-state index is 0.296. The predicted molar refractivity (Wildman–Crippen MR) is 49.9 cm³/mol. The fraction of sp³-hybridized carbons (Fsp3) is 0.182. The zero-order chi connectivity index (χ0) is 9.26. The highest BCUT2D eigenvalue weighted by Gasteiger charge is 2.25. The number of nitriles is 1. The normalized spacial score (nSPS) is 30.2. The molecule has 0 heterocycles. The van der Waals surface area contributed by atoms with Gasteiger partial charge in [-0.1, -0.05) is 24.3 Å². The van der Waals surface area contributed by atoms with Gasteiger partial charge in [0.2, 0.25) is 0 Å². The fourth-order valence-corrected chi connectivity index (χ4v) is 1.73. The Morgan fingerprint density at radius 3 is 3.00 bits per heavy atom. The van der Waals surface area contributed by atoms with Crippen LogP contribution in [0.15, 0.2) is 47.7 Å². The number of quaternary nitrogens is 1. The minimum Gasteiger partial charge on any atom is -0.328 e. The Balaban J connectivity index is 2.35. The number of allylic oxidation sites excluding steroid dienone is 7. The van der Waals surface area contributed by atoms with Gasteiger partial charge >= 0.3 is 0 Å². The van der Waals surface area contributed by atoms with Gasteiger partial charge < -0.3 is 5.73 Å². The molecule has 2 heteroatoms. The minimum atomic E-state index is 0.296. The Morgan fingerprint density at radius 2 is 2.23 bits per heavy atom. The second-order valence-corrected chi connectivity index (χ2v) is 3.32. The quantitative estimate of drug-likeness (QED) is 0.579. The molecule has 3 N–H and O–H groups in total. The number of hydrogen-bond acceptors (Lipinski definition) is 1. The Bertz CT molecular complexity index is 377. The first kappa shape index (κ1) is 8.03. The predicted octanol–water partition coefficient (Wildman–Crippen LogP) is 0.934. The third-order valence-corrected chi connectivity index (χ3v) is 2.47. The van der Waals surface area contributed by atoms with Gasteiger partial charge in [0.25, 0.3) is 0 Å². The second kappa shape index (κ2) is 3.04. The molecule has 0 aromatic rings. The van der Waals surface area contributed by atoms with Gasteiger partial charge in [-0.15, -0.1) is 0 Å². The molecule has 2 unspecified atom stereocenters. The second-order valence-electron chi connectivity index (χ2n) is 3.32. The van der Waals surface area contributed by atoms with Gasteiger partial charge in [-0.25, -0.2) is 0 Å². The summed E-state index contributed by atoms with van der Waals surface area (Å²) in [5, 5.41) is 8.74. The average Bonchev–Trinajstić information content (AvgIpc) is 2.18. The summed E-state index contributed by atoms with van der Waals surface area (Å²) in [5.74, 6) is 0.694. The van der Waals surface area contributed by atoms with E-state index >= 15 is 0 Å². The molecular weight excluding hydrogens is 160 g/mol. The van der Waals surface area contributed by atoms with Crippen molar-refractivity contribution in [1.29, 1.82) is 5.26 Å². The Kier molecular flexibility index (Phi) is 1.88. The van der Waals surface area contributed by atoms with E-state index in [4.69, 9.17) is 5.26 Å². The zero-order valence-electron chi connectivity index (χ0n) is 7.27. The van der Waals surface area contributed by atoms with Crippen molar-refractivity contribution in [2.75, 3.05) is 0 Å². The maximum absolute atomic E-state index is 8.74. The van der Waals surface area contributed by atoms with Crippen LogP contribution in [-0.2, 0) is 0 Å². The van der Waals surface area contributed by atoms with Gasteiger partial charge in [-0.3, -0.25) is 0 Å². The summed E-state index contributed by atoms with van der Waals surface area (Å²) in [7, 11) is 0. The molecule has 2 nitrogen and oxygen atoms in total. The number of nitrogens with zero attached hydrogens (tertiary/aromatic N) is 1. The molecule has 0 amide bonds. The van der Waals surface area contributed by atoms with E-state index in [1.54, 1.807) is 0 Å². The third kappa shape index (κ3) is 1.34. The van der Waals surface area contributed by atoms with Gasteiger partial charge in [0, 0.05) is 11.5 Å². The van der Waals surface area contributed by atoms with Crippen LogP contribution >= 0.6 is 0 Å². The van der Waals surface area contributed by atoms with Gasteiger partial charge in [0.15, 0.2) is 0 Å². The number of rotatable bonds is 0. The molecule has 13 heavy (non-hydrogen) atoms. The highest BCUT2D eigenvalue weighted by atomic mass is 14.6. The zero-order valence-corrected chi connectivity index (χ0v) is 7.27. The van der Waals surface area contributed by atoms with Crippen LogP contribution in [0.25, 0.3) is 0 Å². The Morgan fingerprint density at radius 1 is 1.38 bits per heavy atom. The summed E-state index contributed by atoms with van der Waals surface area (Å²) in [6.07, 6.45) is 12.1. The summed E-state index contributed by atoms with van der Waals surface area (Å²) in [4.78, 5) is 0. The standard InChI is InChI=1S/C11H10N2/c12-7-8-4-5-9-2-1-3-11(13)10(9)6-8/h1-6,9-10H,13H2/p+1. The molecule has 2 aliphatic carbocycles. The van der Waals surface area contributed by atoms with Crippen LogP contribution in [0.5, 0.6) is 0 Å². The smallest absolute Gasteiger partial charge is 0.112 e. The van der Waals surface area contributed by atoms with E-state index in [0.29, 0.717) is 11.8 Å². The van der Waals surface area contributed by atoms with Crippen LogP contribution in [0, 0.1) is 23.2 Å². The maximum Gasteiger partial charge on any atom is 0.112 e. The first-order chi connectivity index (χ1) is 6.31. The topological polar surface area (TPSA) is 51.4 Å². The van der Waals surface area contributed by atoms with Gasteiger partial charge in [-0.2, -0.15) is 5.26 Å². The number of fused-ring (bicyclic) bond motifs is 1. The van der Waals surface area contributed by atoms with Crippen LogP contribution in [0.3, 0.4) is 0 Å². The fourth-order valence-electron chi connectivity index (χ4n) is 1.73. The van der Waals surface area contributed by atoms with Crippen molar-refractivity contribution in [2.24, 2.45) is 11.8 Å². The molecular formula is C11H11N2+. The van der Waals surface area contributed by atoms with Crippen molar-refractivity contribution in [1.82, 2.24) is 0 Å². The molecule has 0 spiro atoms. The molecule has 0 aromatic heterocycles. The maximum atomic E-state index is 8.74. The van der Waals surface area contributed by atoms with Gasteiger partial charge in [0.05, 0.1) is 12.0 Å². The summed E-state index contributed by atoms with van der Waals surface area (Å²) < 4.78 is 0. The first-order valence-corrected chi connectivity index (χ1v) is 4.32. The average molecular weight is 171 g/mol. The van der Waals surface area contributed by atoms with Crippen molar-refractivity contribution in [3.05, 3.63) is 47.7 Å². The summed E-state index contributed by atoms with van der Waals surface area (Å²) in [6.45, 7) is 0. The van der Waals surface area contributed by atoms with Crippen molar-refractivity contribution < 1.29 is 5.73 Å². The molecule has 2 rings (SSSR count). The monoisotopic (exact) mass is 171 g/mol. The first-order valence-electron chi connectivity index (χ1n) is 4.32. The molecule has 0 radical (unpaired) electrons. The highest BCUT2D eigenvalue weighted by Crippen LogP contribution is 2.29. The van der Waals surface area contributed by atoms with Crippen molar-refractivity contribution in [3.8, 4) is 6.07 Å². The SMILES string of the molecule is N#CC1=CC2C([NH3+])=CC=CC2C=C1. The lowest BCUT2D eigenvalue weighted by Crippen LogP contribution is -2.52. The van der Waals surface area contributed by atoms with E-state index < -0.39 is 0 Å². The van der Waals surface area contributed by atoms with Crippen molar-refractivity contribution in [2.45, 2.75) is 0 Å². The van der Waals surface area contributed by atoms with Crippen molar-refractivity contribution in [3.63, 3.8) is 0 Å². The van der Waals surface area contributed by atoms with Gasteiger partial charge in [-0.05, 0) is 12.2 Å². The van der Waals surface area contributed by atoms with E-state index in [2.05, 4.69) is 24.0 Å². The molecule has 0 saturated heterocycles. The van der Waals surface area contributed by atoms with Crippen LogP contribution in [0.2, 0.25) is 0 Å². The Hall–Kier alpha value is -1.59. The third-order valence-electron chi connectivity index (χ3n) is 2.47. The molecule has 0 aliphatic heterocycles. The molecule has 0 bridgehead atoms. The van der Waals surface area contributed by atoms with Crippen LogP contribution in [0.1, 0.15) is 0 Å². The molecule has 64 valence electrons. The lowest BCUT2D eigenvalue weighted by atomic mass is 9.81. The largest absolute Gasteiger partial charge is 0.328 e. The van der Waals surface area contributed by atoms with Gasteiger partial charge in [0.1, 0.15) is 5.70 Å². The lowest BCUT2D eigenvalue weighted by molar-refractivity contribution is -0.314. The highest BCUT2D eigenvalue weighted by molar-refractivity contribution is 5.41. The van der Waals surface area contributed by atoms with E-state index in [1.165, 1.54) is 0 Å². The van der Waals surface area contributed by atoms with E-state index in [0.717, 1.165) is 11.3 Å². The molecule has 0 aromatic carbocycles. The van der Waals surface area contributed by atoms with Crippen molar-refractivity contribution >= 4 is 0 Å².